The molecule has 1 aliphatic carbocycles. The standard InChI is InChI=1S/C12H19NO2/c1-9(8-14)10-4-2-6-12(10)7-3-5-11(15)13-12/h14H,2-8H2,1H3,(H,13,15)/b10-9+/t12-/m1/s1. The summed E-state index contributed by atoms with van der Waals surface area (Å²) < 4.78 is 0. The van der Waals surface area contributed by atoms with Crippen LogP contribution in [-0.2, 0) is 4.79 Å². The van der Waals surface area contributed by atoms with Crippen molar-refractivity contribution >= 4 is 5.91 Å². The fourth-order valence-electron chi connectivity index (χ4n) is 3.03. The molecule has 0 aromatic heterocycles. The predicted octanol–water partition coefficient (Wildman–Crippen LogP) is 1.52. The highest BCUT2D eigenvalue weighted by Gasteiger charge is 2.42. The summed E-state index contributed by atoms with van der Waals surface area (Å²) >= 11 is 0. The van der Waals surface area contributed by atoms with Gasteiger partial charge in [-0.1, -0.05) is 0 Å². The quantitative estimate of drug-likeness (QED) is 0.643. The van der Waals surface area contributed by atoms with Crippen molar-refractivity contribution in [3.8, 4) is 0 Å². The molecule has 3 heteroatoms. The fraction of sp³-hybridized carbons (Fsp3) is 0.750. The van der Waals surface area contributed by atoms with Crippen LogP contribution in [0.5, 0.6) is 0 Å². The zero-order chi connectivity index (χ0) is 10.9. The van der Waals surface area contributed by atoms with Crippen molar-refractivity contribution in [3.63, 3.8) is 0 Å². The van der Waals surface area contributed by atoms with Crippen molar-refractivity contribution in [2.45, 2.75) is 51.0 Å². The first-order valence-corrected chi connectivity index (χ1v) is 5.79. The van der Waals surface area contributed by atoms with E-state index in [0.717, 1.165) is 37.7 Å². The molecule has 1 amide bonds. The van der Waals surface area contributed by atoms with Crippen molar-refractivity contribution in [2.75, 3.05) is 6.61 Å². The van der Waals surface area contributed by atoms with Gasteiger partial charge in [-0.2, -0.15) is 0 Å². The van der Waals surface area contributed by atoms with E-state index >= 15 is 0 Å². The molecule has 2 rings (SSSR count). The van der Waals surface area contributed by atoms with Gasteiger partial charge in [0.1, 0.15) is 0 Å². The van der Waals surface area contributed by atoms with Gasteiger partial charge in [-0.05, 0) is 50.2 Å². The Balaban J connectivity index is 2.29. The smallest absolute Gasteiger partial charge is 0.220 e. The minimum atomic E-state index is -0.0951. The van der Waals surface area contributed by atoms with Crippen LogP contribution in [0.1, 0.15) is 45.4 Å². The van der Waals surface area contributed by atoms with Crippen molar-refractivity contribution in [2.24, 2.45) is 0 Å². The summed E-state index contributed by atoms with van der Waals surface area (Å²) in [5, 5.41) is 12.4. The van der Waals surface area contributed by atoms with E-state index in [1.165, 1.54) is 5.57 Å². The fourth-order valence-corrected chi connectivity index (χ4v) is 3.03. The van der Waals surface area contributed by atoms with Crippen LogP contribution >= 0.6 is 0 Å². The molecule has 15 heavy (non-hydrogen) atoms. The van der Waals surface area contributed by atoms with Gasteiger partial charge < -0.3 is 10.4 Å². The zero-order valence-electron chi connectivity index (χ0n) is 9.31. The Morgan fingerprint density at radius 2 is 2.07 bits per heavy atom. The molecular weight excluding hydrogens is 190 g/mol. The van der Waals surface area contributed by atoms with Crippen LogP contribution in [0.2, 0.25) is 0 Å². The van der Waals surface area contributed by atoms with Crippen molar-refractivity contribution < 1.29 is 9.90 Å². The van der Waals surface area contributed by atoms with Gasteiger partial charge in [0.25, 0.3) is 0 Å². The SMILES string of the molecule is C/C(CO)=C1/CCC[C@@]12CCCC(=O)N2. The van der Waals surface area contributed by atoms with E-state index < -0.39 is 0 Å². The second-order valence-electron chi connectivity index (χ2n) is 4.75. The number of hydrogen-bond donors (Lipinski definition) is 2. The van der Waals surface area contributed by atoms with Crippen LogP contribution in [0.15, 0.2) is 11.1 Å². The number of aliphatic hydroxyl groups is 1. The summed E-state index contributed by atoms with van der Waals surface area (Å²) in [6, 6.07) is 0. The van der Waals surface area contributed by atoms with E-state index in [9.17, 15) is 9.90 Å². The topological polar surface area (TPSA) is 49.3 Å². The molecule has 0 unspecified atom stereocenters. The minimum absolute atomic E-state index is 0.0951. The lowest BCUT2D eigenvalue weighted by atomic mass is 9.82. The normalized spacial score (nSPS) is 34.4. The van der Waals surface area contributed by atoms with Gasteiger partial charge in [0.05, 0.1) is 12.1 Å². The summed E-state index contributed by atoms with van der Waals surface area (Å²) in [5.41, 5.74) is 2.25. The summed E-state index contributed by atoms with van der Waals surface area (Å²) in [7, 11) is 0. The number of nitrogens with one attached hydrogen (secondary N) is 1. The third-order valence-electron chi connectivity index (χ3n) is 3.75. The van der Waals surface area contributed by atoms with E-state index in [1.54, 1.807) is 0 Å². The molecule has 0 aromatic carbocycles. The molecule has 3 nitrogen and oxygen atoms in total. The molecule has 1 heterocycles. The lowest BCUT2D eigenvalue weighted by Gasteiger charge is -2.37. The zero-order valence-corrected chi connectivity index (χ0v) is 9.31. The summed E-state index contributed by atoms with van der Waals surface area (Å²) in [5.74, 6) is 0.173. The molecule has 0 radical (unpaired) electrons. The first-order valence-electron chi connectivity index (χ1n) is 5.79. The van der Waals surface area contributed by atoms with E-state index in [2.05, 4.69) is 5.32 Å². The number of aliphatic hydroxyl groups excluding tert-OH is 1. The molecule has 1 spiro atoms. The molecule has 1 aliphatic heterocycles. The largest absolute Gasteiger partial charge is 0.392 e. The van der Waals surface area contributed by atoms with E-state index in [0.29, 0.717) is 6.42 Å². The van der Waals surface area contributed by atoms with Crippen LogP contribution in [0.25, 0.3) is 0 Å². The van der Waals surface area contributed by atoms with Gasteiger partial charge in [-0.3, -0.25) is 4.79 Å². The summed E-state index contributed by atoms with van der Waals surface area (Å²) in [4.78, 5) is 11.5. The molecule has 2 N–H and O–H groups in total. The van der Waals surface area contributed by atoms with Crippen LogP contribution in [0.4, 0.5) is 0 Å². The highest BCUT2D eigenvalue weighted by atomic mass is 16.3. The number of hydrogen-bond acceptors (Lipinski definition) is 2. The van der Waals surface area contributed by atoms with Gasteiger partial charge in [-0.25, -0.2) is 0 Å². The Bertz CT molecular complexity index is 309. The Morgan fingerprint density at radius 1 is 1.40 bits per heavy atom. The maximum atomic E-state index is 11.5. The maximum Gasteiger partial charge on any atom is 0.220 e. The van der Waals surface area contributed by atoms with Gasteiger partial charge in [0.15, 0.2) is 0 Å². The molecule has 84 valence electrons. The molecule has 1 saturated heterocycles. The molecule has 2 fully saturated rings. The molecule has 1 atom stereocenters. The first-order chi connectivity index (χ1) is 7.18. The number of piperidine rings is 1. The van der Waals surface area contributed by atoms with E-state index in [1.807, 2.05) is 6.92 Å². The minimum Gasteiger partial charge on any atom is -0.392 e. The van der Waals surface area contributed by atoms with Crippen LogP contribution in [0.3, 0.4) is 0 Å². The van der Waals surface area contributed by atoms with Gasteiger partial charge in [0, 0.05) is 6.42 Å². The molecule has 1 saturated carbocycles. The third-order valence-corrected chi connectivity index (χ3v) is 3.75. The van der Waals surface area contributed by atoms with Crippen molar-refractivity contribution in [1.82, 2.24) is 5.32 Å². The molecule has 0 aromatic rings. The highest BCUT2D eigenvalue weighted by molar-refractivity contribution is 5.78. The van der Waals surface area contributed by atoms with Crippen molar-refractivity contribution in [1.29, 1.82) is 0 Å². The average molecular weight is 209 g/mol. The number of amides is 1. The predicted molar refractivity (Wildman–Crippen MR) is 58.4 cm³/mol. The molecule has 2 aliphatic rings. The summed E-state index contributed by atoms with van der Waals surface area (Å²) in [6.45, 7) is 2.09. The number of carbonyl (C=O) groups is 1. The lowest BCUT2D eigenvalue weighted by molar-refractivity contribution is -0.124. The monoisotopic (exact) mass is 209 g/mol. The second-order valence-corrected chi connectivity index (χ2v) is 4.75. The lowest BCUT2D eigenvalue weighted by Crippen LogP contribution is -2.51. The van der Waals surface area contributed by atoms with Gasteiger partial charge in [-0.15, -0.1) is 0 Å². The van der Waals surface area contributed by atoms with Crippen LogP contribution < -0.4 is 5.32 Å². The maximum absolute atomic E-state index is 11.5. The Hall–Kier alpha value is -0.830. The highest BCUT2D eigenvalue weighted by Crippen LogP contribution is 2.42. The third kappa shape index (κ3) is 1.81. The van der Waals surface area contributed by atoms with Crippen LogP contribution in [-0.4, -0.2) is 23.2 Å². The molecule has 0 bridgehead atoms. The molecular formula is C12H19NO2. The van der Waals surface area contributed by atoms with Crippen molar-refractivity contribution in [3.05, 3.63) is 11.1 Å². The van der Waals surface area contributed by atoms with E-state index in [-0.39, 0.29) is 18.1 Å². The first kappa shape index (κ1) is 10.7. The summed E-state index contributed by atoms with van der Waals surface area (Å²) in [6.07, 6.45) is 5.90. The van der Waals surface area contributed by atoms with Gasteiger partial charge >= 0.3 is 0 Å². The number of rotatable bonds is 1. The Morgan fingerprint density at radius 3 is 2.67 bits per heavy atom. The van der Waals surface area contributed by atoms with E-state index in [4.69, 9.17) is 0 Å². The van der Waals surface area contributed by atoms with Gasteiger partial charge in [0.2, 0.25) is 5.91 Å². The Labute approximate surface area is 90.6 Å². The average Bonchev–Trinajstić information content (AvgIpc) is 2.60. The Kier molecular flexibility index (Phi) is 2.83. The van der Waals surface area contributed by atoms with Crippen LogP contribution in [0, 0.1) is 0 Å². The number of carbonyl (C=O) groups excluding carboxylic acids is 1. The second kappa shape index (κ2) is 3.97.